The van der Waals surface area contributed by atoms with E-state index in [2.05, 4.69) is 13.8 Å². The van der Waals surface area contributed by atoms with Gasteiger partial charge in [-0.3, -0.25) is 0 Å². The van der Waals surface area contributed by atoms with E-state index in [0.717, 1.165) is 64.3 Å². The van der Waals surface area contributed by atoms with Crippen LogP contribution in [0.2, 0.25) is 0 Å². The Balaban J connectivity index is 1.35. The maximum absolute atomic E-state index is 5.73. The molecule has 0 aliphatic carbocycles. The highest BCUT2D eigenvalue weighted by molar-refractivity contribution is 4.79. The van der Waals surface area contributed by atoms with E-state index < -0.39 is 0 Å². The number of epoxide rings is 2. The van der Waals surface area contributed by atoms with Crippen molar-refractivity contribution in [2.75, 3.05) is 39.6 Å². The average Bonchev–Trinajstić information content (AvgIpc) is 3.54. The minimum Gasteiger partial charge on any atom is -0.379 e. The van der Waals surface area contributed by atoms with Gasteiger partial charge in [-0.15, -0.1) is 0 Å². The van der Waals surface area contributed by atoms with Crippen LogP contribution in [-0.4, -0.2) is 51.8 Å². The van der Waals surface area contributed by atoms with Gasteiger partial charge in [-0.2, -0.15) is 0 Å². The fourth-order valence-electron chi connectivity index (χ4n) is 3.84. The van der Waals surface area contributed by atoms with Gasteiger partial charge in [-0.05, 0) is 50.4 Å². The molecule has 0 aromatic rings. The number of hydrogen-bond acceptors (Lipinski definition) is 4. The summed E-state index contributed by atoms with van der Waals surface area (Å²) in [5.74, 6) is 1.51. The largest absolute Gasteiger partial charge is 0.379 e. The van der Waals surface area contributed by atoms with Gasteiger partial charge in [0, 0.05) is 13.2 Å². The highest BCUT2D eigenvalue weighted by Crippen LogP contribution is 2.29. The first-order valence-electron chi connectivity index (χ1n) is 11.2. The van der Waals surface area contributed by atoms with Crippen LogP contribution < -0.4 is 0 Å². The highest BCUT2D eigenvalue weighted by Gasteiger charge is 2.32. The molecule has 0 spiro atoms. The van der Waals surface area contributed by atoms with Crippen molar-refractivity contribution in [1.29, 1.82) is 0 Å². The van der Waals surface area contributed by atoms with E-state index in [4.69, 9.17) is 18.9 Å². The van der Waals surface area contributed by atoms with E-state index >= 15 is 0 Å². The van der Waals surface area contributed by atoms with Crippen molar-refractivity contribution < 1.29 is 18.9 Å². The van der Waals surface area contributed by atoms with Gasteiger partial charge in [0.2, 0.25) is 0 Å². The number of ether oxygens (including phenoxy) is 4. The Kier molecular flexibility index (Phi) is 11.9. The predicted octanol–water partition coefficient (Wildman–Crippen LogP) is 4.99. The van der Waals surface area contributed by atoms with Crippen LogP contribution >= 0.6 is 0 Å². The fraction of sp³-hybridized carbons (Fsp3) is 1.00. The van der Waals surface area contributed by atoms with Crippen LogP contribution in [0.1, 0.15) is 78.1 Å². The molecule has 26 heavy (non-hydrogen) atoms. The first-order chi connectivity index (χ1) is 12.8. The topological polar surface area (TPSA) is 43.5 Å². The Bertz CT molecular complexity index is 296. The van der Waals surface area contributed by atoms with Crippen LogP contribution in [0.4, 0.5) is 0 Å². The zero-order valence-electron chi connectivity index (χ0n) is 17.3. The lowest BCUT2D eigenvalue weighted by Gasteiger charge is -2.14. The summed E-state index contributed by atoms with van der Waals surface area (Å²) in [6, 6.07) is 0. The molecule has 0 aromatic heterocycles. The zero-order valence-corrected chi connectivity index (χ0v) is 17.3. The Labute approximate surface area is 161 Å². The molecule has 154 valence electrons. The molecule has 2 aliphatic heterocycles. The molecule has 0 radical (unpaired) electrons. The van der Waals surface area contributed by atoms with Crippen molar-refractivity contribution in [2.45, 2.75) is 90.3 Å². The minimum absolute atomic E-state index is 0.548. The van der Waals surface area contributed by atoms with Gasteiger partial charge in [-0.25, -0.2) is 0 Å². The average molecular weight is 371 g/mol. The molecule has 2 aliphatic rings. The molecule has 0 saturated carbocycles. The van der Waals surface area contributed by atoms with Crippen molar-refractivity contribution in [3.63, 3.8) is 0 Å². The van der Waals surface area contributed by atoms with Gasteiger partial charge >= 0.3 is 0 Å². The molecule has 2 fully saturated rings. The summed E-state index contributed by atoms with van der Waals surface area (Å²) in [7, 11) is 0. The van der Waals surface area contributed by atoms with Crippen LogP contribution in [0.25, 0.3) is 0 Å². The van der Waals surface area contributed by atoms with Crippen molar-refractivity contribution >= 4 is 0 Å². The van der Waals surface area contributed by atoms with E-state index in [0.29, 0.717) is 12.2 Å². The summed E-state index contributed by atoms with van der Waals surface area (Å²) in [6.07, 6.45) is 13.7. The second kappa shape index (κ2) is 13.9. The molecule has 2 rings (SSSR count). The van der Waals surface area contributed by atoms with Gasteiger partial charge in [0.05, 0.1) is 38.6 Å². The van der Waals surface area contributed by atoms with E-state index in [9.17, 15) is 0 Å². The van der Waals surface area contributed by atoms with E-state index in [1.165, 1.54) is 51.4 Å². The third kappa shape index (κ3) is 10.2. The molecule has 0 aromatic carbocycles. The molecule has 0 bridgehead atoms. The van der Waals surface area contributed by atoms with E-state index in [-0.39, 0.29) is 0 Å². The lowest BCUT2D eigenvalue weighted by atomic mass is 9.94. The normalized spacial score (nSPS) is 23.8. The molecule has 4 unspecified atom stereocenters. The molecule has 4 heteroatoms. The van der Waals surface area contributed by atoms with E-state index in [1.54, 1.807) is 0 Å². The monoisotopic (exact) mass is 370 g/mol. The second-order valence-electron chi connectivity index (χ2n) is 8.06. The summed E-state index contributed by atoms with van der Waals surface area (Å²) in [4.78, 5) is 0. The molecule has 2 heterocycles. The van der Waals surface area contributed by atoms with Gasteiger partial charge in [0.1, 0.15) is 0 Å². The zero-order chi connectivity index (χ0) is 18.5. The van der Waals surface area contributed by atoms with Gasteiger partial charge < -0.3 is 18.9 Å². The summed E-state index contributed by atoms with van der Waals surface area (Å²) in [5, 5.41) is 0. The molecule has 0 amide bonds. The standard InChI is InChI=1S/C22H42O4/c1-3-5-9-19(21-17-25-21)11-7-13-23-15-16-24-14-8-12-20(10-6-4-2)22-18-26-22/h19-22H,3-18H2,1-2H3. The van der Waals surface area contributed by atoms with Gasteiger partial charge in [0.15, 0.2) is 0 Å². The fourth-order valence-corrected chi connectivity index (χ4v) is 3.84. The third-order valence-corrected chi connectivity index (χ3v) is 5.73. The van der Waals surface area contributed by atoms with Crippen LogP contribution in [0.5, 0.6) is 0 Å². The van der Waals surface area contributed by atoms with E-state index in [1.807, 2.05) is 0 Å². The van der Waals surface area contributed by atoms with Crippen molar-refractivity contribution in [3.8, 4) is 0 Å². The van der Waals surface area contributed by atoms with Gasteiger partial charge in [0.25, 0.3) is 0 Å². The molecule has 4 nitrogen and oxygen atoms in total. The molecule has 4 atom stereocenters. The Morgan fingerprint density at radius 2 is 1.04 bits per heavy atom. The van der Waals surface area contributed by atoms with Crippen LogP contribution in [0.3, 0.4) is 0 Å². The van der Waals surface area contributed by atoms with Crippen LogP contribution in [0, 0.1) is 11.8 Å². The van der Waals surface area contributed by atoms with Crippen molar-refractivity contribution in [1.82, 2.24) is 0 Å². The van der Waals surface area contributed by atoms with Crippen LogP contribution in [-0.2, 0) is 18.9 Å². The Hall–Kier alpha value is -0.160. The second-order valence-corrected chi connectivity index (χ2v) is 8.06. The summed E-state index contributed by atoms with van der Waals surface area (Å²) >= 11 is 0. The summed E-state index contributed by atoms with van der Waals surface area (Å²) in [6.45, 7) is 9.66. The smallest absolute Gasteiger partial charge is 0.0838 e. The maximum atomic E-state index is 5.73. The summed E-state index contributed by atoms with van der Waals surface area (Å²) < 4.78 is 22.4. The lowest BCUT2D eigenvalue weighted by Crippen LogP contribution is -2.12. The number of unbranched alkanes of at least 4 members (excludes halogenated alkanes) is 2. The van der Waals surface area contributed by atoms with Crippen LogP contribution in [0.15, 0.2) is 0 Å². The highest BCUT2D eigenvalue weighted by atomic mass is 16.6. The lowest BCUT2D eigenvalue weighted by molar-refractivity contribution is 0.0421. The maximum Gasteiger partial charge on any atom is 0.0838 e. The predicted molar refractivity (Wildman–Crippen MR) is 106 cm³/mol. The van der Waals surface area contributed by atoms with Crippen molar-refractivity contribution in [3.05, 3.63) is 0 Å². The molecule has 2 saturated heterocycles. The molecular weight excluding hydrogens is 328 g/mol. The first-order valence-corrected chi connectivity index (χ1v) is 11.2. The van der Waals surface area contributed by atoms with Gasteiger partial charge in [-0.1, -0.05) is 39.5 Å². The summed E-state index contributed by atoms with van der Waals surface area (Å²) in [5.41, 5.74) is 0. The molecular formula is C22H42O4. The Morgan fingerprint density at radius 3 is 1.38 bits per heavy atom. The number of hydrogen-bond donors (Lipinski definition) is 0. The third-order valence-electron chi connectivity index (χ3n) is 5.73. The molecule has 0 N–H and O–H groups in total. The Morgan fingerprint density at radius 1 is 0.654 bits per heavy atom. The number of rotatable bonds is 19. The minimum atomic E-state index is 0.548. The SMILES string of the molecule is CCCCC(CCCOCCOCCCC(CCCC)C1CO1)C1CO1. The first kappa shape index (κ1) is 22.1. The van der Waals surface area contributed by atoms with Crippen molar-refractivity contribution in [2.24, 2.45) is 11.8 Å². The quantitative estimate of drug-likeness (QED) is 0.237.